The first-order valence-electron chi connectivity index (χ1n) is 6.97. The maximum Gasteiger partial charge on any atom is 0.0235 e. The highest BCUT2D eigenvalue weighted by Gasteiger charge is 2.28. The van der Waals surface area contributed by atoms with Gasteiger partial charge in [-0.25, -0.2) is 0 Å². The van der Waals surface area contributed by atoms with Crippen molar-refractivity contribution in [3.05, 3.63) is 0 Å². The van der Waals surface area contributed by atoms with Crippen molar-refractivity contribution in [1.29, 1.82) is 0 Å². The van der Waals surface area contributed by atoms with Crippen molar-refractivity contribution in [1.82, 2.24) is 9.80 Å². The lowest BCUT2D eigenvalue weighted by Gasteiger charge is -2.23. The Hall–Kier alpha value is 0.270. The molecule has 2 rings (SSSR count). The molecule has 16 heavy (non-hydrogen) atoms. The number of rotatable bonds is 6. The van der Waals surface area contributed by atoms with Gasteiger partial charge in [0.15, 0.2) is 0 Å². The maximum atomic E-state index is 4.26. The lowest BCUT2D eigenvalue weighted by Crippen LogP contribution is -2.35. The fourth-order valence-electron chi connectivity index (χ4n) is 3.04. The third kappa shape index (κ3) is 3.64. The molecule has 1 unspecified atom stereocenters. The first-order chi connectivity index (χ1) is 7.90. The van der Waals surface area contributed by atoms with E-state index in [1.165, 1.54) is 71.2 Å². The zero-order valence-corrected chi connectivity index (χ0v) is 11.3. The zero-order chi connectivity index (χ0) is 11.2. The zero-order valence-electron chi connectivity index (χ0n) is 10.4. The van der Waals surface area contributed by atoms with Crippen molar-refractivity contribution in [2.24, 2.45) is 0 Å². The van der Waals surface area contributed by atoms with E-state index in [9.17, 15) is 0 Å². The molecule has 0 amide bonds. The Labute approximate surface area is 106 Å². The van der Waals surface area contributed by atoms with Crippen molar-refractivity contribution < 1.29 is 0 Å². The normalized spacial score (nSPS) is 27.9. The van der Waals surface area contributed by atoms with Gasteiger partial charge in [0.1, 0.15) is 0 Å². The van der Waals surface area contributed by atoms with E-state index < -0.39 is 0 Å². The van der Waals surface area contributed by atoms with E-state index in [-0.39, 0.29) is 0 Å². The van der Waals surface area contributed by atoms with Gasteiger partial charge in [-0.3, -0.25) is 4.90 Å². The fourth-order valence-corrected chi connectivity index (χ4v) is 3.27. The molecule has 0 bridgehead atoms. The van der Waals surface area contributed by atoms with E-state index >= 15 is 0 Å². The molecule has 2 nitrogen and oxygen atoms in total. The molecule has 0 spiro atoms. The molecule has 0 aliphatic carbocycles. The molecule has 2 aliphatic heterocycles. The summed E-state index contributed by atoms with van der Waals surface area (Å²) in [5, 5.41) is 0. The molecular weight excluding hydrogens is 216 g/mol. The molecule has 0 radical (unpaired) electrons. The van der Waals surface area contributed by atoms with Gasteiger partial charge in [0, 0.05) is 12.6 Å². The van der Waals surface area contributed by atoms with Gasteiger partial charge in [-0.15, -0.1) is 0 Å². The Morgan fingerprint density at radius 3 is 2.56 bits per heavy atom. The Balaban J connectivity index is 1.59. The number of likely N-dealkylation sites (tertiary alicyclic amines) is 2. The Kier molecular flexibility index (Phi) is 5.46. The van der Waals surface area contributed by atoms with Crippen LogP contribution in [0, 0.1) is 0 Å². The summed E-state index contributed by atoms with van der Waals surface area (Å²) in [6, 6.07) is 0.882. The summed E-state index contributed by atoms with van der Waals surface area (Å²) < 4.78 is 0. The highest BCUT2D eigenvalue weighted by Crippen LogP contribution is 2.20. The van der Waals surface area contributed by atoms with Crippen LogP contribution in [0.3, 0.4) is 0 Å². The minimum absolute atomic E-state index is 0.882. The Morgan fingerprint density at radius 1 is 1.00 bits per heavy atom. The molecule has 2 heterocycles. The van der Waals surface area contributed by atoms with E-state index in [1.54, 1.807) is 0 Å². The first-order valence-corrected chi connectivity index (χ1v) is 7.60. The van der Waals surface area contributed by atoms with Crippen molar-refractivity contribution in [2.45, 2.75) is 44.6 Å². The number of nitrogens with zero attached hydrogens (tertiary/aromatic N) is 2. The maximum absolute atomic E-state index is 4.26. The predicted octanol–water partition coefficient (Wildman–Crippen LogP) is 2.26. The molecule has 2 saturated heterocycles. The van der Waals surface area contributed by atoms with Gasteiger partial charge >= 0.3 is 0 Å². The van der Waals surface area contributed by atoms with E-state index in [1.807, 2.05) is 0 Å². The minimum atomic E-state index is 0.882. The molecule has 2 fully saturated rings. The highest BCUT2D eigenvalue weighted by atomic mass is 32.1. The molecular formula is C13H26N2S. The third-order valence-electron chi connectivity index (χ3n) is 4.04. The summed E-state index contributed by atoms with van der Waals surface area (Å²) in [7, 11) is 0. The lowest BCUT2D eigenvalue weighted by atomic mass is 10.2. The van der Waals surface area contributed by atoms with Crippen molar-refractivity contribution in [2.75, 3.05) is 38.5 Å². The monoisotopic (exact) mass is 242 g/mol. The molecule has 0 aromatic heterocycles. The molecule has 1 atom stereocenters. The van der Waals surface area contributed by atoms with E-state index in [2.05, 4.69) is 22.4 Å². The molecule has 0 saturated carbocycles. The van der Waals surface area contributed by atoms with Gasteiger partial charge in [-0.1, -0.05) is 6.42 Å². The summed E-state index contributed by atoms with van der Waals surface area (Å²) >= 11 is 4.26. The molecule has 2 aliphatic rings. The number of unbranched alkanes of at least 4 members (excludes halogenated alkanes) is 2. The van der Waals surface area contributed by atoms with Crippen molar-refractivity contribution in [3.8, 4) is 0 Å². The summed E-state index contributed by atoms with van der Waals surface area (Å²) in [6.45, 7) is 6.71. The van der Waals surface area contributed by atoms with Crippen LogP contribution in [0.4, 0.5) is 0 Å². The van der Waals surface area contributed by atoms with Crippen LogP contribution >= 0.6 is 12.6 Å². The van der Waals surface area contributed by atoms with Crippen LogP contribution in [0.15, 0.2) is 0 Å². The average Bonchev–Trinajstić information content (AvgIpc) is 2.94. The second-order valence-corrected chi connectivity index (χ2v) is 5.72. The molecule has 0 N–H and O–H groups in total. The fraction of sp³-hybridized carbons (Fsp3) is 1.00. The quantitative estimate of drug-likeness (QED) is 0.564. The molecule has 0 aromatic carbocycles. The first kappa shape index (κ1) is 12.7. The highest BCUT2D eigenvalue weighted by molar-refractivity contribution is 7.80. The van der Waals surface area contributed by atoms with Crippen molar-refractivity contribution >= 4 is 12.6 Å². The second-order valence-electron chi connectivity index (χ2n) is 5.27. The van der Waals surface area contributed by atoms with Gasteiger partial charge in [0.05, 0.1) is 0 Å². The Morgan fingerprint density at radius 2 is 1.81 bits per heavy atom. The molecule has 3 heteroatoms. The Bertz CT molecular complexity index is 192. The van der Waals surface area contributed by atoms with Crippen molar-refractivity contribution in [3.63, 3.8) is 0 Å². The van der Waals surface area contributed by atoms with Crippen LogP contribution in [0.2, 0.25) is 0 Å². The molecule has 94 valence electrons. The van der Waals surface area contributed by atoms with E-state index in [0.717, 1.165) is 11.8 Å². The SMILES string of the molecule is SCCCCCN1CCC(N2CCCC2)C1. The summed E-state index contributed by atoms with van der Waals surface area (Å²) in [5.41, 5.74) is 0. The third-order valence-corrected chi connectivity index (χ3v) is 4.35. The van der Waals surface area contributed by atoms with Gasteiger partial charge < -0.3 is 4.90 Å². The molecule has 0 aromatic rings. The summed E-state index contributed by atoms with van der Waals surface area (Å²) in [5.74, 6) is 1.05. The van der Waals surface area contributed by atoms with Crippen LogP contribution in [0.5, 0.6) is 0 Å². The van der Waals surface area contributed by atoms with Crippen LogP contribution in [-0.4, -0.2) is 54.3 Å². The largest absolute Gasteiger partial charge is 0.302 e. The van der Waals surface area contributed by atoms with Gasteiger partial charge in [0.25, 0.3) is 0 Å². The average molecular weight is 242 g/mol. The lowest BCUT2D eigenvalue weighted by molar-refractivity contribution is 0.231. The van der Waals surface area contributed by atoms with Crippen LogP contribution < -0.4 is 0 Å². The number of hydrogen-bond acceptors (Lipinski definition) is 3. The topological polar surface area (TPSA) is 6.48 Å². The van der Waals surface area contributed by atoms with Gasteiger partial charge in [0.2, 0.25) is 0 Å². The van der Waals surface area contributed by atoms with Crippen LogP contribution in [0.1, 0.15) is 38.5 Å². The minimum Gasteiger partial charge on any atom is -0.302 e. The summed E-state index contributed by atoms with van der Waals surface area (Å²) in [6.07, 6.45) is 8.28. The second kappa shape index (κ2) is 6.87. The summed E-state index contributed by atoms with van der Waals surface area (Å²) in [4.78, 5) is 5.38. The van der Waals surface area contributed by atoms with E-state index in [4.69, 9.17) is 0 Å². The van der Waals surface area contributed by atoms with E-state index in [0.29, 0.717) is 0 Å². The van der Waals surface area contributed by atoms with Crippen LogP contribution in [-0.2, 0) is 0 Å². The predicted molar refractivity (Wildman–Crippen MR) is 73.4 cm³/mol. The van der Waals surface area contributed by atoms with Gasteiger partial charge in [-0.05, 0) is 64.0 Å². The standard InChI is InChI=1S/C13H26N2S/c16-11-5-1-2-7-14-10-6-13(12-14)15-8-3-4-9-15/h13,16H,1-12H2. The van der Waals surface area contributed by atoms with Crippen LogP contribution in [0.25, 0.3) is 0 Å². The van der Waals surface area contributed by atoms with Gasteiger partial charge in [-0.2, -0.15) is 12.6 Å². The smallest absolute Gasteiger partial charge is 0.0235 e. The number of thiol groups is 1. The number of hydrogen-bond donors (Lipinski definition) is 1.